The van der Waals surface area contributed by atoms with Crippen LogP contribution in [0.25, 0.3) is 11.0 Å². The monoisotopic (exact) mass is 316 g/mol. The van der Waals surface area contributed by atoms with Gasteiger partial charge in [0, 0.05) is 30.2 Å². The third-order valence-corrected chi connectivity index (χ3v) is 4.08. The van der Waals surface area contributed by atoms with E-state index in [2.05, 4.69) is 20.3 Å². The van der Waals surface area contributed by atoms with Gasteiger partial charge in [0.25, 0.3) is 0 Å². The summed E-state index contributed by atoms with van der Waals surface area (Å²) in [6.45, 7) is 5.62. The molecule has 2 atom stereocenters. The van der Waals surface area contributed by atoms with Crippen LogP contribution in [-0.2, 0) is 11.2 Å². The number of ether oxygens (including phenoxy) is 1. The third kappa shape index (κ3) is 4.21. The standard InChI is InChI=1S/C17H24N4O2/c1-17(2,3)23-16(22)20-13-5-4-11(8-13)9-14-19-10-12-6-7-18-15(12)21-14/h6-7,10-11,13H,4-5,8-9H2,1-3H3,(H,20,22)(H,18,19,21)/t11-,13-/m0/s1. The average molecular weight is 316 g/mol. The van der Waals surface area contributed by atoms with E-state index >= 15 is 0 Å². The molecule has 2 aromatic heterocycles. The minimum atomic E-state index is -0.457. The summed E-state index contributed by atoms with van der Waals surface area (Å²) in [5.74, 6) is 1.37. The summed E-state index contributed by atoms with van der Waals surface area (Å²) in [6.07, 6.45) is 7.26. The lowest BCUT2D eigenvalue weighted by atomic mass is 10.0. The van der Waals surface area contributed by atoms with E-state index in [4.69, 9.17) is 4.74 Å². The molecule has 2 aromatic rings. The summed E-state index contributed by atoms with van der Waals surface area (Å²) in [7, 11) is 0. The molecule has 124 valence electrons. The number of carbonyl (C=O) groups is 1. The first kappa shape index (κ1) is 15.8. The number of carbonyl (C=O) groups excluding carboxylic acids is 1. The van der Waals surface area contributed by atoms with Crippen LogP contribution < -0.4 is 5.32 Å². The highest BCUT2D eigenvalue weighted by Crippen LogP contribution is 2.28. The molecule has 0 aliphatic heterocycles. The predicted octanol–water partition coefficient (Wildman–Crippen LogP) is 3.19. The number of hydrogen-bond acceptors (Lipinski definition) is 4. The summed E-state index contributed by atoms with van der Waals surface area (Å²) < 4.78 is 5.31. The van der Waals surface area contributed by atoms with Crippen molar-refractivity contribution in [3.05, 3.63) is 24.3 Å². The van der Waals surface area contributed by atoms with Crippen LogP contribution in [0.5, 0.6) is 0 Å². The Bertz CT molecular complexity index is 689. The number of nitrogens with one attached hydrogen (secondary N) is 2. The van der Waals surface area contributed by atoms with Crippen molar-refractivity contribution in [3.8, 4) is 0 Å². The van der Waals surface area contributed by atoms with Gasteiger partial charge in [0.15, 0.2) is 0 Å². The molecule has 0 saturated heterocycles. The molecule has 1 aliphatic carbocycles. The molecule has 0 aromatic carbocycles. The van der Waals surface area contributed by atoms with Crippen molar-refractivity contribution in [2.24, 2.45) is 5.92 Å². The molecule has 1 aliphatic rings. The number of fused-ring (bicyclic) bond motifs is 1. The zero-order chi connectivity index (χ0) is 16.4. The normalized spacial score (nSPS) is 21.5. The molecule has 1 amide bonds. The van der Waals surface area contributed by atoms with Crippen molar-refractivity contribution in [3.63, 3.8) is 0 Å². The molecule has 1 saturated carbocycles. The molecule has 3 rings (SSSR count). The van der Waals surface area contributed by atoms with Crippen molar-refractivity contribution in [1.29, 1.82) is 0 Å². The Balaban J connectivity index is 1.52. The van der Waals surface area contributed by atoms with Crippen LogP contribution in [0.4, 0.5) is 4.79 Å². The van der Waals surface area contributed by atoms with Crippen LogP contribution in [0.2, 0.25) is 0 Å². The lowest BCUT2D eigenvalue weighted by molar-refractivity contribution is 0.0504. The number of aromatic amines is 1. The zero-order valence-electron chi connectivity index (χ0n) is 13.9. The van der Waals surface area contributed by atoms with Gasteiger partial charge in [-0.05, 0) is 52.0 Å². The third-order valence-electron chi connectivity index (χ3n) is 4.08. The number of alkyl carbamates (subject to hydrolysis) is 1. The van der Waals surface area contributed by atoms with E-state index in [-0.39, 0.29) is 12.1 Å². The average Bonchev–Trinajstić information content (AvgIpc) is 3.05. The second kappa shape index (κ2) is 6.18. The van der Waals surface area contributed by atoms with Crippen LogP contribution in [-0.4, -0.2) is 32.7 Å². The molecule has 6 heteroatoms. The highest BCUT2D eigenvalue weighted by atomic mass is 16.6. The molecule has 0 spiro atoms. The largest absolute Gasteiger partial charge is 0.444 e. The molecule has 0 radical (unpaired) electrons. The van der Waals surface area contributed by atoms with Gasteiger partial charge < -0.3 is 15.0 Å². The quantitative estimate of drug-likeness (QED) is 0.911. The SMILES string of the molecule is CC(C)(C)OC(=O)N[C@H]1CC[C@H](Cc2ncc3cc[nH]c3n2)C1. The Morgan fingerprint density at radius 3 is 3.04 bits per heavy atom. The first-order valence-corrected chi connectivity index (χ1v) is 8.17. The fourth-order valence-corrected chi connectivity index (χ4v) is 3.10. The fourth-order valence-electron chi connectivity index (χ4n) is 3.10. The lowest BCUT2D eigenvalue weighted by Crippen LogP contribution is -2.38. The van der Waals surface area contributed by atoms with Gasteiger partial charge in [-0.3, -0.25) is 0 Å². The van der Waals surface area contributed by atoms with E-state index in [0.29, 0.717) is 5.92 Å². The summed E-state index contributed by atoms with van der Waals surface area (Å²) >= 11 is 0. The molecule has 2 heterocycles. The molecular weight excluding hydrogens is 292 g/mol. The Morgan fingerprint density at radius 2 is 2.26 bits per heavy atom. The Labute approximate surface area is 136 Å². The van der Waals surface area contributed by atoms with Gasteiger partial charge in [-0.2, -0.15) is 0 Å². The predicted molar refractivity (Wildman–Crippen MR) is 88.1 cm³/mol. The van der Waals surface area contributed by atoms with E-state index in [9.17, 15) is 4.79 Å². The van der Waals surface area contributed by atoms with Gasteiger partial charge >= 0.3 is 6.09 Å². The molecular formula is C17H24N4O2. The second-order valence-electron chi connectivity index (χ2n) is 7.29. The molecule has 0 bridgehead atoms. The summed E-state index contributed by atoms with van der Waals surface area (Å²) in [4.78, 5) is 23.9. The van der Waals surface area contributed by atoms with Gasteiger partial charge in [0.2, 0.25) is 0 Å². The molecule has 0 unspecified atom stereocenters. The highest BCUT2D eigenvalue weighted by molar-refractivity contribution is 5.73. The Kier molecular flexibility index (Phi) is 4.24. The van der Waals surface area contributed by atoms with Crippen molar-refractivity contribution >= 4 is 17.1 Å². The van der Waals surface area contributed by atoms with Crippen LogP contribution >= 0.6 is 0 Å². The minimum Gasteiger partial charge on any atom is -0.444 e. The smallest absolute Gasteiger partial charge is 0.407 e. The number of aromatic nitrogens is 3. The van der Waals surface area contributed by atoms with Crippen molar-refractivity contribution in [1.82, 2.24) is 20.3 Å². The minimum absolute atomic E-state index is 0.184. The van der Waals surface area contributed by atoms with Crippen LogP contribution in [0.3, 0.4) is 0 Å². The maximum absolute atomic E-state index is 11.8. The molecule has 23 heavy (non-hydrogen) atoms. The van der Waals surface area contributed by atoms with Crippen molar-refractivity contribution < 1.29 is 9.53 Å². The van der Waals surface area contributed by atoms with E-state index in [1.807, 2.05) is 39.2 Å². The van der Waals surface area contributed by atoms with Gasteiger partial charge in [-0.1, -0.05) is 0 Å². The summed E-state index contributed by atoms with van der Waals surface area (Å²) in [5, 5.41) is 4.00. The van der Waals surface area contributed by atoms with Gasteiger partial charge in [-0.15, -0.1) is 0 Å². The maximum Gasteiger partial charge on any atom is 0.407 e. The van der Waals surface area contributed by atoms with Gasteiger partial charge in [0.05, 0.1) is 0 Å². The summed E-state index contributed by atoms with van der Waals surface area (Å²) in [5.41, 5.74) is 0.429. The highest BCUT2D eigenvalue weighted by Gasteiger charge is 2.28. The van der Waals surface area contributed by atoms with E-state index in [0.717, 1.165) is 42.5 Å². The number of nitrogens with zero attached hydrogens (tertiary/aromatic N) is 2. The summed E-state index contributed by atoms with van der Waals surface area (Å²) in [6, 6.07) is 2.15. The molecule has 2 N–H and O–H groups in total. The van der Waals surface area contributed by atoms with Crippen LogP contribution in [0, 0.1) is 5.92 Å². The molecule has 1 fully saturated rings. The Morgan fingerprint density at radius 1 is 1.43 bits per heavy atom. The fraction of sp³-hybridized carbons (Fsp3) is 0.588. The van der Waals surface area contributed by atoms with Crippen LogP contribution in [0.1, 0.15) is 45.9 Å². The number of rotatable bonds is 3. The topological polar surface area (TPSA) is 79.9 Å². The first-order chi connectivity index (χ1) is 10.9. The van der Waals surface area contributed by atoms with E-state index < -0.39 is 5.60 Å². The number of H-pyrrole nitrogens is 1. The number of amides is 1. The number of hydrogen-bond donors (Lipinski definition) is 2. The maximum atomic E-state index is 11.8. The van der Waals surface area contributed by atoms with Crippen LogP contribution in [0.15, 0.2) is 18.5 Å². The molecule has 6 nitrogen and oxygen atoms in total. The van der Waals surface area contributed by atoms with Gasteiger partial charge in [0.1, 0.15) is 17.1 Å². The Hall–Kier alpha value is -2.11. The van der Waals surface area contributed by atoms with Crippen molar-refractivity contribution in [2.45, 2.75) is 58.1 Å². The van der Waals surface area contributed by atoms with Gasteiger partial charge in [-0.25, -0.2) is 14.8 Å². The lowest BCUT2D eigenvalue weighted by Gasteiger charge is -2.21. The zero-order valence-corrected chi connectivity index (χ0v) is 13.9. The van der Waals surface area contributed by atoms with E-state index in [1.54, 1.807) is 0 Å². The van der Waals surface area contributed by atoms with Crippen molar-refractivity contribution in [2.75, 3.05) is 0 Å². The first-order valence-electron chi connectivity index (χ1n) is 8.17. The van der Waals surface area contributed by atoms with E-state index in [1.165, 1.54) is 0 Å². The second-order valence-corrected chi connectivity index (χ2v) is 7.29.